The third kappa shape index (κ3) is 4.07. The van der Waals surface area contributed by atoms with E-state index >= 15 is 0 Å². The fourth-order valence-corrected chi connectivity index (χ4v) is 2.81. The minimum atomic E-state index is -0.619. The molecular formula is C17H23N3O5. The lowest BCUT2D eigenvalue weighted by Gasteiger charge is -2.39. The average molecular weight is 349 g/mol. The molecule has 0 bridgehead atoms. The minimum absolute atomic E-state index is 0.0871. The van der Waals surface area contributed by atoms with Gasteiger partial charge in [0, 0.05) is 43.7 Å². The maximum Gasteiger partial charge on any atom is 0.340 e. The summed E-state index contributed by atoms with van der Waals surface area (Å²) in [5.74, 6) is -0.532. The summed E-state index contributed by atoms with van der Waals surface area (Å²) < 4.78 is 4.75. The normalized spacial score (nSPS) is 15.0. The van der Waals surface area contributed by atoms with Crippen LogP contribution in [0.4, 0.5) is 11.4 Å². The van der Waals surface area contributed by atoms with Crippen LogP contribution in [0.15, 0.2) is 18.2 Å². The van der Waals surface area contributed by atoms with E-state index in [-0.39, 0.29) is 17.2 Å². The van der Waals surface area contributed by atoms with Gasteiger partial charge in [0.25, 0.3) is 5.69 Å². The van der Waals surface area contributed by atoms with Gasteiger partial charge in [-0.2, -0.15) is 0 Å². The Bertz CT molecular complexity index is 688. The Kier molecular flexibility index (Phi) is 5.30. The molecular weight excluding hydrogens is 326 g/mol. The van der Waals surface area contributed by atoms with Crippen molar-refractivity contribution in [1.82, 2.24) is 4.90 Å². The summed E-state index contributed by atoms with van der Waals surface area (Å²) in [6.07, 6.45) is 0. The van der Waals surface area contributed by atoms with E-state index in [0.717, 1.165) is 0 Å². The highest BCUT2D eigenvalue weighted by Gasteiger charge is 2.31. The lowest BCUT2D eigenvalue weighted by molar-refractivity contribution is -0.384. The molecule has 0 N–H and O–H groups in total. The molecule has 0 atom stereocenters. The van der Waals surface area contributed by atoms with E-state index in [2.05, 4.69) is 0 Å². The number of carbonyl (C=O) groups is 2. The van der Waals surface area contributed by atoms with Crippen molar-refractivity contribution >= 4 is 23.3 Å². The van der Waals surface area contributed by atoms with Gasteiger partial charge in [0.2, 0.25) is 5.91 Å². The molecule has 0 radical (unpaired) electrons. The molecule has 0 spiro atoms. The molecule has 1 fully saturated rings. The molecule has 1 aromatic rings. The number of piperazine rings is 1. The lowest BCUT2D eigenvalue weighted by atomic mass is 9.94. The van der Waals surface area contributed by atoms with E-state index in [1.807, 2.05) is 25.7 Å². The first-order valence-corrected chi connectivity index (χ1v) is 8.06. The first kappa shape index (κ1) is 18.7. The smallest absolute Gasteiger partial charge is 0.340 e. The fraction of sp³-hybridized carbons (Fsp3) is 0.529. The highest BCUT2D eigenvalue weighted by molar-refractivity contribution is 5.96. The van der Waals surface area contributed by atoms with Gasteiger partial charge in [-0.1, -0.05) is 20.8 Å². The highest BCUT2D eigenvalue weighted by atomic mass is 16.6. The zero-order valence-electron chi connectivity index (χ0n) is 14.9. The molecule has 1 aliphatic heterocycles. The van der Waals surface area contributed by atoms with Crippen molar-refractivity contribution < 1.29 is 19.2 Å². The Balaban J connectivity index is 2.22. The molecule has 0 aliphatic carbocycles. The third-order valence-electron chi connectivity index (χ3n) is 4.15. The topological polar surface area (TPSA) is 93.0 Å². The predicted molar refractivity (Wildman–Crippen MR) is 92.7 cm³/mol. The molecule has 0 unspecified atom stereocenters. The lowest BCUT2D eigenvalue weighted by Crippen LogP contribution is -2.52. The Morgan fingerprint density at radius 3 is 2.24 bits per heavy atom. The molecule has 1 amide bonds. The van der Waals surface area contributed by atoms with Crippen LogP contribution in [0, 0.1) is 15.5 Å². The first-order chi connectivity index (χ1) is 11.6. The van der Waals surface area contributed by atoms with Crippen molar-refractivity contribution in [3.63, 3.8) is 0 Å². The van der Waals surface area contributed by atoms with E-state index in [1.54, 1.807) is 11.0 Å². The second-order valence-electron chi connectivity index (χ2n) is 6.98. The van der Waals surface area contributed by atoms with Crippen LogP contribution in [0.2, 0.25) is 0 Å². The van der Waals surface area contributed by atoms with Crippen LogP contribution >= 0.6 is 0 Å². The van der Waals surface area contributed by atoms with Crippen LogP contribution in [0.3, 0.4) is 0 Å². The Hall–Kier alpha value is -2.64. The van der Waals surface area contributed by atoms with E-state index in [1.165, 1.54) is 19.2 Å². The molecule has 136 valence electrons. The second-order valence-corrected chi connectivity index (χ2v) is 6.98. The van der Waals surface area contributed by atoms with Gasteiger partial charge in [-0.15, -0.1) is 0 Å². The molecule has 25 heavy (non-hydrogen) atoms. The van der Waals surface area contributed by atoms with Gasteiger partial charge in [0.05, 0.1) is 23.3 Å². The van der Waals surface area contributed by atoms with Crippen molar-refractivity contribution in [3.05, 3.63) is 33.9 Å². The number of ether oxygens (including phenoxy) is 1. The van der Waals surface area contributed by atoms with Gasteiger partial charge in [-0.3, -0.25) is 14.9 Å². The standard InChI is InChI=1S/C17H23N3O5/c1-17(2,3)16(22)19-9-7-18(8-10-19)14-6-5-12(20(23)24)11-13(14)15(21)25-4/h5-6,11H,7-10H2,1-4H3. The molecule has 8 nitrogen and oxygen atoms in total. The number of carbonyl (C=O) groups excluding carboxylic acids is 2. The van der Waals surface area contributed by atoms with E-state index in [4.69, 9.17) is 4.74 Å². The monoisotopic (exact) mass is 349 g/mol. The number of nitrogens with zero attached hydrogens (tertiary/aromatic N) is 3. The second kappa shape index (κ2) is 7.08. The van der Waals surface area contributed by atoms with E-state index in [0.29, 0.717) is 31.9 Å². The maximum atomic E-state index is 12.4. The predicted octanol–water partition coefficient (Wildman–Crippen LogP) is 2.08. The Labute approximate surface area is 146 Å². The number of benzene rings is 1. The molecule has 1 saturated heterocycles. The van der Waals surface area contributed by atoms with Crippen molar-refractivity contribution in [2.45, 2.75) is 20.8 Å². The number of non-ortho nitro benzene ring substituents is 1. The number of nitro groups is 1. The first-order valence-electron chi connectivity index (χ1n) is 8.06. The van der Waals surface area contributed by atoms with Crippen molar-refractivity contribution in [3.8, 4) is 0 Å². The summed E-state index contributed by atoms with van der Waals surface area (Å²) in [4.78, 5) is 38.5. The number of anilines is 1. The average Bonchev–Trinajstić information content (AvgIpc) is 2.59. The minimum Gasteiger partial charge on any atom is -0.465 e. The summed E-state index contributed by atoms with van der Waals surface area (Å²) in [6.45, 7) is 7.81. The zero-order chi connectivity index (χ0) is 18.8. The number of rotatable bonds is 3. The van der Waals surface area contributed by atoms with Crippen LogP contribution in [-0.4, -0.2) is 55.0 Å². The number of methoxy groups -OCH3 is 1. The van der Waals surface area contributed by atoms with Gasteiger partial charge >= 0.3 is 5.97 Å². The summed E-state index contributed by atoms with van der Waals surface area (Å²) in [5, 5.41) is 11.0. The maximum absolute atomic E-state index is 12.4. The fourth-order valence-electron chi connectivity index (χ4n) is 2.81. The molecule has 1 heterocycles. The Morgan fingerprint density at radius 2 is 1.76 bits per heavy atom. The number of hydrogen-bond acceptors (Lipinski definition) is 6. The van der Waals surface area contributed by atoms with Crippen LogP contribution < -0.4 is 4.90 Å². The van der Waals surface area contributed by atoms with Gasteiger partial charge in [-0.05, 0) is 6.07 Å². The molecule has 1 aliphatic rings. The van der Waals surface area contributed by atoms with Crippen molar-refractivity contribution in [2.75, 3.05) is 38.2 Å². The van der Waals surface area contributed by atoms with Gasteiger partial charge in [0.1, 0.15) is 0 Å². The summed E-state index contributed by atoms with van der Waals surface area (Å²) in [5.41, 5.74) is 0.144. The highest BCUT2D eigenvalue weighted by Crippen LogP contribution is 2.28. The van der Waals surface area contributed by atoms with Gasteiger partial charge in [0.15, 0.2) is 0 Å². The van der Waals surface area contributed by atoms with Crippen molar-refractivity contribution in [1.29, 1.82) is 0 Å². The number of hydrogen-bond donors (Lipinski definition) is 0. The van der Waals surface area contributed by atoms with E-state index in [9.17, 15) is 19.7 Å². The SMILES string of the molecule is COC(=O)c1cc([N+](=O)[O-])ccc1N1CCN(C(=O)C(C)(C)C)CC1. The van der Waals surface area contributed by atoms with E-state index < -0.39 is 16.3 Å². The van der Waals surface area contributed by atoms with Crippen LogP contribution in [0.25, 0.3) is 0 Å². The van der Waals surface area contributed by atoms with Crippen LogP contribution in [0.1, 0.15) is 31.1 Å². The number of esters is 1. The largest absolute Gasteiger partial charge is 0.465 e. The molecule has 0 aromatic heterocycles. The third-order valence-corrected chi connectivity index (χ3v) is 4.15. The van der Waals surface area contributed by atoms with Gasteiger partial charge < -0.3 is 14.5 Å². The number of amides is 1. The summed E-state index contributed by atoms with van der Waals surface area (Å²) in [6, 6.07) is 4.16. The summed E-state index contributed by atoms with van der Waals surface area (Å²) >= 11 is 0. The molecule has 8 heteroatoms. The Morgan fingerprint density at radius 1 is 1.16 bits per heavy atom. The van der Waals surface area contributed by atoms with Crippen molar-refractivity contribution in [2.24, 2.45) is 5.41 Å². The van der Waals surface area contributed by atoms with Crippen LogP contribution in [0.5, 0.6) is 0 Å². The molecule has 2 rings (SSSR count). The van der Waals surface area contributed by atoms with Crippen LogP contribution in [-0.2, 0) is 9.53 Å². The zero-order valence-corrected chi connectivity index (χ0v) is 14.9. The molecule has 1 aromatic carbocycles. The van der Waals surface area contributed by atoms with Gasteiger partial charge in [-0.25, -0.2) is 4.79 Å². The quantitative estimate of drug-likeness (QED) is 0.471. The number of nitro benzene ring substituents is 1. The molecule has 0 saturated carbocycles. The summed E-state index contributed by atoms with van der Waals surface area (Å²) in [7, 11) is 1.24.